The third-order valence-electron chi connectivity index (χ3n) is 5.82. The first-order valence-electron chi connectivity index (χ1n) is 12.3. The van der Waals surface area contributed by atoms with E-state index in [1.54, 1.807) is 30.3 Å². The van der Waals surface area contributed by atoms with E-state index in [-0.39, 0.29) is 30.3 Å². The molecule has 2 aromatic carbocycles. The molecule has 0 aliphatic rings. The number of amides is 2. The Hall–Kier alpha value is -3.52. The van der Waals surface area contributed by atoms with E-state index >= 15 is 0 Å². The molecule has 0 saturated heterocycles. The molecule has 0 spiro atoms. The zero-order valence-electron chi connectivity index (χ0n) is 22.0. The molecule has 214 valence electrons. The molecule has 0 saturated carbocycles. The number of oxime groups is 1. The summed E-state index contributed by atoms with van der Waals surface area (Å²) in [4.78, 5) is 24.0. The van der Waals surface area contributed by atoms with Crippen LogP contribution in [0.25, 0.3) is 0 Å². The summed E-state index contributed by atoms with van der Waals surface area (Å²) in [6.07, 6.45) is -3.02. The van der Waals surface area contributed by atoms with Gasteiger partial charge in [-0.3, -0.25) is 4.79 Å². The summed E-state index contributed by atoms with van der Waals surface area (Å²) in [5.74, 6) is -0.971. The van der Waals surface area contributed by atoms with Gasteiger partial charge >= 0.3 is 6.09 Å². The van der Waals surface area contributed by atoms with Gasteiger partial charge in [0.25, 0.3) is 0 Å². The van der Waals surface area contributed by atoms with Crippen molar-refractivity contribution in [2.75, 3.05) is 13.1 Å². The normalized spacial score (nSPS) is 15.2. The number of rotatable bonds is 14. The fourth-order valence-corrected chi connectivity index (χ4v) is 5.54. The number of hydrogen-bond donors (Lipinski definition) is 6. The second-order valence-corrected chi connectivity index (χ2v) is 11.5. The number of benzene rings is 2. The number of nitrogens with zero attached hydrogens (tertiary/aromatic N) is 2. The number of carbonyl (C=O) groups excluding carboxylic acids is 1. The van der Waals surface area contributed by atoms with Crippen molar-refractivity contribution in [3.8, 4) is 0 Å². The van der Waals surface area contributed by atoms with Gasteiger partial charge in [0.15, 0.2) is 0 Å². The van der Waals surface area contributed by atoms with Crippen molar-refractivity contribution in [3.05, 3.63) is 65.7 Å². The molecular weight excluding hydrogens is 528 g/mol. The Labute approximate surface area is 228 Å². The topological polar surface area (TPSA) is 189 Å². The molecule has 4 atom stereocenters. The summed E-state index contributed by atoms with van der Waals surface area (Å²) in [6.45, 7) is 4.59. The third kappa shape index (κ3) is 9.62. The van der Waals surface area contributed by atoms with Crippen molar-refractivity contribution in [1.82, 2.24) is 14.9 Å². The van der Waals surface area contributed by atoms with E-state index in [1.165, 1.54) is 31.2 Å². The van der Waals surface area contributed by atoms with Crippen LogP contribution in [0.2, 0.25) is 0 Å². The van der Waals surface area contributed by atoms with Crippen molar-refractivity contribution in [2.45, 2.75) is 56.4 Å². The van der Waals surface area contributed by atoms with Crippen molar-refractivity contribution in [2.24, 2.45) is 11.1 Å². The molecule has 39 heavy (non-hydrogen) atoms. The summed E-state index contributed by atoms with van der Waals surface area (Å²) in [5.41, 5.74) is 1.22. The number of sulfonamides is 1. The maximum atomic E-state index is 13.5. The monoisotopic (exact) mass is 564 g/mol. The van der Waals surface area contributed by atoms with Crippen LogP contribution in [0.3, 0.4) is 0 Å². The SMILES string of the molecule is CC(C)CN(C[C@H](O)[C@H](Cc1ccccc1)NC(=O)[C@@H](NC(=O)O)[C@@H](C)O)S(=O)(=O)c1ccc(C=NO)cc1. The van der Waals surface area contributed by atoms with Gasteiger partial charge in [-0.15, -0.1) is 0 Å². The van der Waals surface area contributed by atoms with Crippen LogP contribution in [-0.4, -0.2) is 88.8 Å². The zero-order chi connectivity index (χ0) is 29.2. The molecule has 13 heteroatoms. The van der Waals surface area contributed by atoms with Crippen LogP contribution in [0.15, 0.2) is 64.6 Å². The summed E-state index contributed by atoms with van der Waals surface area (Å²) in [5, 5.41) is 46.4. The number of aliphatic hydroxyl groups excluding tert-OH is 2. The van der Waals surface area contributed by atoms with E-state index in [1.807, 2.05) is 19.2 Å². The lowest BCUT2D eigenvalue weighted by molar-refractivity contribution is -0.127. The number of aliphatic hydroxyl groups is 2. The van der Waals surface area contributed by atoms with E-state index in [0.717, 1.165) is 16.1 Å². The molecule has 2 rings (SSSR count). The lowest BCUT2D eigenvalue weighted by atomic mass is 10.00. The van der Waals surface area contributed by atoms with Crippen molar-refractivity contribution in [1.29, 1.82) is 0 Å². The molecule has 0 bridgehead atoms. The lowest BCUT2D eigenvalue weighted by Gasteiger charge is -2.32. The van der Waals surface area contributed by atoms with Crippen molar-refractivity contribution >= 4 is 28.2 Å². The summed E-state index contributed by atoms with van der Waals surface area (Å²) in [6, 6.07) is 12.0. The highest BCUT2D eigenvalue weighted by Gasteiger charge is 2.33. The molecule has 0 radical (unpaired) electrons. The van der Waals surface area contributed by atoms with Crippen LogP contribution in [0.1, 0.15) is 31.9 Å². The highest BCUT2D eigenvalue weighted by molar-refractivity contribution is 7.89. The molecule has 0 aliphatic heterocycles. The summed E-state index contributed by atoms with van der Waals surface area (Å²) in [7, 11) is -4.08. The first-order valence-corrected chi connectivity index (χ1v) is 13.8. The average Bonchev–Trinajstić information content (AvgIpc) is 2.87. The smallest absolute Gasteiger partial charge is 0.405 e. The molecule has 0 unspecified atom stereocenters. The molecule has 12 nitrogen and oxygen atoms in total. The Morgan fingerprint density at radius 1 is 0.974 bits per heavy atom. The maximum absolute atomic E-state index is 13.5. The molecule has 2 amide bonds. The van der Waals surface area contributed by atoms with Crippen LogP contribution in [0.5, 0.6) is 0 Å². The highest BCUT2D eigenvalue weighted by Crippen LogP contribution is 2.20. The minimum absolute atomic E-state index is 0.0334. The Bertz CT molecular complexity index is 1200. The van der Waals surface area contributed by atoms with Gasteiger partial charge in [0.1, 0.15) is 6.04 Å². The highest BCUT2D eigenvalue weighted by atomic mass is 32.2. The predicted molar refractivity (Wildman–Crippen MR) is 144 cm³/mol. The largest absolute Gasteiger partial charge is 0.465 e. The lowest BCUT2D eigenvalue weighted by Crippen LogP contribution is -2.58. The zero-order valence-corrected chi connectivity index (χ0v) is 22.8. The van der Waals surface area contributed by atoms with Gasteiger partial charge in [-0.25, -0.2) is 13.2 Å². The quantitative estimate of drug-likeness (QED) is 0.112. The Balaban J connectivity index is 2.37. The van der Waals surface area contributed by atoms with Gasteiger partial charge in [0, 0.05) is 13.1 Å². The van der Waals surface area contributed by atoms with Crippen LogP contribution in [0.4, 0.5) is 4.79 Å². The second-order valence-electron chi connectivity index (χ2n) is 9.57. The maximum Gasteiger partial charge on any atom is 0.405 e. The Morgan fingerprint density at radius 3 is 2.10 bits per heavy atom. The van der Waals surface area contributed by atoms with Gasteiger partial charge in [-0.1, -0.05) is 61.5 Å². The molecule has 6 N–H and O–H groups in total. The first kappa shape index (κ1) is 31.7. The number of nitrogens with one attached hydrogen (secondary N) is 2. The van der Waals surface area contributed by atoms with Crippen LogP contribution < -0.4 is 10.6 Å². The third-order valence-corrected chi connectivity index (χ3v) is 7.66. The molecule has 2 aromatic rings. The number of carbonyl (C=O) groups is 2. The molecule has 0 aromatic heterocycles. The van der Waals surface area contributed by atoms with Crippen LogP contribution in [0, 0.1) is 5.92 Å². The fraction of sp³-hybridized carbons (Fsp3) is 0.423. The van der Waals surface area contributed by atoms with E-state index in [2.05, 4.69) is 10.5 Å². The van der Waals surface area contributed by atoms with Crippen molar-refractivity contribution < 1.29 is 38.5 Å². The van der Waals surface area contributed by atoms with Crippen LogP contribution >= 0.6 is 0 Å². The van der Waals surface area contributed by atoms with Crippen molar-refractivity contribution in [3.63, 3.8) is 0 Å². The Morgan fingerprint density at radius 2 is 1.59 bits per heavy atom. The minimum atomic E-state index is -4.08. The number of carboxylic acid groups (broad SMARTS) is 1. The van der Waals surface area contributed by atoms with Gasteiger partial charge < -0.3 is 31.2 Å². The van der Waals surface area contributed by atoms with Gasteiger partial charge in [-0.05, 0) is 42.5 Å². The van der Waals surface area contributed by atoms with Gasteiger partial charge in [-0.2, -0.15) is 4.31 Å². The molecular formula is C26H36N4O8S. The first-order chi connectivity index (χ1) is 18.3. The standard InChI is InChI=1S/C26H36N4O8S/c1-17(2)15-30(39(37,38)21-11-9-20(10-12-21)14-27-36)16-23(32)22(13-19-7-5-4-6-8-19)28-25(33)24(18(3)31)29-26(34)35/h4-12,14,17-18,22-24,29,31-32,36H,13,15-16H2,1-3H3,(H,28,33)(H,34,35)/t18-,22+,23+,24+/m1/s1. The molecule has 0 heterocycles. The fourth-order valence-electron chi connectivity index (χ4n) is 3.92. The summed E-state index contributed by atoms with van der Waals surface area (Å²) >= 11 is 0. The summed E-state index contributed by atoms with van der Waals surface area (Å²) < 4.78 is 28.2. The number of hydrogen-bond acceptors (Lipinski definition) is 8. The van der Waals surface area contributed by atoms with Gasteiger partial charge in [0.05, 0.1) is 29.4 Å². The van der Waals surface area contributed by atoms with Gasteiger partial charge in [0.2, 0.25) is 15.9 Å². The second kappa shape index (κ2) is 14.6. The average molecular weight is 565 g/mol. The van der Waals surface area contributed by atoms with Crippen LogP contribution in [-0.2, 0) is 21.2 Å². The van der Waals surface area contributed by atoms with E-state index < -0.39 is 46.3 Å². The predicted octanol–water partition coefficient (Wildman–Crippen LogP) is 1.25. The molecule has 0 aliphatic carbocycles. The minimum Gasteiger partial charge on any atom is -0.465 e. The Kier molecular flexibility index (Phi) is 11.9. The van der Waals surface area contributed by atoms with E-state index in [0.29, 0.717) is 5.56 Å². The molecule has 0 fully saturated rings. The van der Waals surface area contributed by atoms with E-state index in [9.17, 15) is 28.2 Å². The van der Waals surface area contributed by atoms with E-state index in [4.69, 9.17) is 10.3 Å².